The molecule has 3 aromatic rings. The van der Waals surface area contributed by atoms with Gasteiger partial charge in [0.05, 0.1) is 29.2 Å². The fraction of sp³-hybridized carbons (Fsp3) is 0.417. The molecule has 1 N–H and O–H groups in total. The Labute approximate surface area is 187 Å². The Morgan fingerprint density at radius 1 is 0.969 bits per heavy atom. The number of carbonyl (C=O) groups excluding carboxylic acids is 2. The number of urea groups is 1. The summed E-state index contributed by atoms with van der Waals surface area (Å²) in [6.07, 6.45) is 12.1. The predicted octanol–water partition coefficient (Wildman–Crippen LogP) is 3.77. The first-order valence-corrected chi connectivity index (χ1v) is 11.4. The molecule has 32 heavy (non-hydrogen) atoms. The van der Waals surface area contributed by atoms with Crippen LogP contribution in [0.5, 0.6) is 0 Å². The van der Waals surface area contributed by atoms with Gasteiger partial charge in [-0.3, -0.25) is 9.78 Å². The zero-order chi connectivity index (χ0) is 21.9. The van der Waals surface area contributed by atoms with E-state index >= 15 is 0 Å². The van der Waals surface area contributed by atoms with Gasteiger partial charge in [-0.1, -0.05) is 0 Å². The van der Waals surface area contributed by atoms with Crippen molar-refractivity contribution in [1.82, 2.24) is 24.4 Å². The number of aromatic nitrogens is 3. The molecular weight excluding hydrogens is 404 g/mol. The van der Waals surface area contributed by atoms with E-state index in [1.54, 1.807) is 29.2 Å². The van der Waals surface area contributed by atoms with Crippen molar-refractivity contribution in [1.29, 1.82) is 0 Å². The number of fused-ring (bicyclic) bond motifs is 1. The predicted molar refractivity (Wildman–Crippen MR) is 122 cm³/mol. The molecule has 8 nitrogen and oxygen atoms in total. The van der Waals surface area contributed by atoms with E-state index in [2.05, 4.69) is 27.5 Å². The highest BCUT2D eigenvalue weighted by Gasteiger charge is 2.26. The van der Waals surface area contributed by atoms with Crippen LogP contribution in [0.4, 0.5) is 10.5 Å². The molecule has 0 aromatic carbocycles. The lowest BCUT2D eigenvalue weighted by Crippen LogP contribution is -2.40. The molecule has 0 aliphatic carbocycles. The van der Waals surface area contributed by atoms with E-state index in [9.17, 15) is 9.59 Å². The number of rotatable bonds is 3. The Bertz CT molecular complexity index is 1100. The number of hydrogen-bond acceptors (Lipinski definition) is 4. The van der Waals surface area contributed by atoms with Crippen LogP contribution in [-0.2, 0) is 0 Å². The highest BCUT2D eigenvalue weighted by atomic mass is 16.2. The van der Waals surface area contributed by atoms with Crippen LogP contribution in [0.15, 0.2) is 49.1 Å². The third-order valence-corrected chi connectivity index (χ3v) is 6.59. The molecule has 0 bridgehead atoms. The fourth-order valence-corrected chi connectivity index (χ4v) is 4.74. The van der Waals surface area contributed by atoms with Gasteiger partial charge in [0.15, 0.2) is 0 Å². The van der Waals surface area contributed by atoms with E-state index in [0.717, 1.165) is 44.3 Å². The monoisotopic (exact) mass is 432 g/mol. The Balaban J connectivity index is 1.26. The zero-order valence-electron chi connectivity index (χ0n) is 18.1. The maximum absolute atomic E-state index is 13.0. The lowest BCUT2D eigenvalue weighted by Gasteiger charge is -2.32. The lowest BCUT2D eigenvalue weighted by atomic mass is 9.89. The normalized spacial score (nSPS) is 17.5. The first-order valence-electron chi connectivity index (χ1n) is 11.4. The molecule has 0 atom stereocenters. The molecule has 0 radical (unpaired) electrons. The SMILES string of the molecule is O=C(Nc1cccnc1)N1CCC(c2ccn3ncc(C(=O)N4CCCCC4)c3c2)CC1. The topological polar surface area (TPSA) is 82.8 Å². The zero-order valence-corrected chi connectivity index (χ0v) is 18.1. The van der Waals surface area contributed by atoms with E-state index in [1.165, 1.54) is 12.0 Å². The van der Waals surface area contributed by atoms with Gasteiger partial charge in [-0.2, -0.15) is 5.10 Å². The van der Waals surface area contributed by atoms with E-state index < -0.39 is 0 Å². The first-order chi connectivity index (χ1) is 15.7. The summed E-state index contributed by atoms with van der Waals surface area (Å²) in [6.45, 7) is 3.05. The molecule has 0 unspecified atom stereocenters. The molecule has 2 fully saturated rings. The Morgan fingerprint density at radius 2 is 1.78 bits per heavy atom. The Morgan fingerprint density at radius 3 is 2.53 bits per heavy atom. The van der Waals surface area contributed by atoms with Crippen molar-refractivity contribution < 1.29 is 9.59 Å². The Hall–Kier alpha value is -3.42. The van der Waals surface area contributed by atoms with Crippen molar-refractivity contribution in [2.45, 2.75) is 38.0 Å². The maximum Gasteiger partial charge on any atom is 0.321 e. The molecule has 5 rings (SSSR count). The Kier molecular flexibility index (Phi) is 5.75. The molecule has 5 heterocycles. The highest BCUT2D eigenvalue weighted by Crippen LogP contribution is 2.30. The number of pyridine rings is 2. The molecule has 2 aliphatic rings. The minimum absolute atomic E-state index is 0.0822. The molecule has 3 aromatic heterocycles. The van der Waals surface area contributed by atoms with Crippen LogP contribution in [0.25, 0.3) is 5.52 Å². The second-order valence-electron chi connectivity index (χ2n) is 8.63. The van der Waals surface area contributed by atoms with Gasteiger partial charge in [-0.05, 0) is 67.9 Å². The smallest absolute Gasteiger partial charge is 0.321 e. The molecule has 0 spiro atoms. The van der Waals surface area contributed by atoms with Crippen molar-refractivity contribution >= 4 is 23.1 Å². The van der Waals surface area contributed by atoms with E-state index in [0.29, 0.717) is 30.3 Å². The number of likely N-dealkylation sites (tertiary alicyclic amines) is 2. The molecule has 2 saturated heterocycles. The number of piperidine rings is 2. The van der Waals surface area contributed by atoms with Crippen LogP contribution in [-0.4, -0.2) is 62.5 Å². The van der Waals surface area contributed by atoms with Crippen molar-refractivity contribution in [2.24, 2.45) is 0 Å². The number of amides is 3. The van der Waals surface area contributed by atoms with Crippen LogP contribution in [0.2, 0.25) is 0 Å². The molecular formula is C24H28N6O2. The quantitative estimate of drug-likeness (QED) is 0.683. The second-order valence-corrected chi connectivity index (χ2v) is 8.63. The average Bonchev–Trinajstić information content (AvgIpc) is 3.28. The summed E-state index contributed by atoms with van der Waals surface area (Å²) in [7, 11) is 0. The minimum Gasteiger partial charge on any atom is -0.339 e. The largest absolute Gasteiger partial charge is 0.339 e. The van der Waals surface area contributed by atoms with E-state index in [4.69, 9.17) is 0 Å². The minimum atomic E-state index is -0.0860. The van der Waals surface area contributed by atoms with Crippen molar-refractivity contribution in [3.63, 3.8) is 0 Å². The fourth-order valence-electron chi connectivity index (χ4n) is 4.74. The molecule has 3 amide bonds. The van der Waals surface area contributed by atoms with Crippen molar-refractivity contribution in [2.75, 3.05) is 31.5 Å². The molecule has 0 saturated carbocycles. The van der Waals surface area contributed by atoms with Crippen molar-refractivity contribution in [3.8, 4) is 0 Å². The summed E-state index contributed by atoms with van der Waals surface area (Å²) in [5.74, 6) is 0.439. The van der Waals surface area contributed by atoms with Crippen LogP contribution < -0.4 is 5.32 Å². The van der Waals surface area contributed by atoms with Crippen LogP contribution in [0.1, 0.15) is 53.9 Å². The highest BCUT2D eigenvalue weighted by molar-refractivity contribution is 6.00. The van der Waals surface area contributed by atoms with Gasteiger partial charge in [0.1, 0.15) is 0 Å². The van der Waals surface area contributed by atoms with Gasteiger partial charge in [-0.25, -0.2) is 9.31 Å². The third kappa shape index (κ3) is 4.17. The number of nitrogens with zero attached hydrogens (tertiary/aromatic N) is 5. The van der Waals surface area contributed by atoms with Gasteiger partial charge in [0.2, 0.25) is 0 Å². The summed E-state index contributed by atoms with van der Waals surface area (Å²) in [4.78, 5) is 33.4. The maximum atomic E-state index is 13.0. The van der Waals surface area contributed by atoms with Crippen LogP contribution >= 0.6 is 0 Å². The van der Waals surface area contributed by atoms with E-state index in [1.807, 2.05) is 22.1 Å². The summed E-state index contributed by atoms with van der Waals surface area (Å²) in [5, 5.41) is 7.31. The molecule has 166 valence electrons. The second kappa shape index (κ2) is 8.98. The number of nitrogens with one attached hydrogen (secondary N) is 1. The number of carbonyl (C=O) groups is 2. The number of hydrogen-bond donors (Lipinski definition) is 1. The van der Waals surface area contributed by atoms with Crippen molar-refractivity contribution in [3.05, 3.63) is 60.2 Å². The van der Waals surface area contributed by atoms with Gasteiger partial charge in [-0.15, -0.1) is 0 Å². The molecule has 8 heteroatoms. The number of anilines is 1. The van der Waals surface area contributed by atoms with Gasteiger partial charge < -0.3 is 15.1 Å². The third-order valence-electron chi connectivity index (χ3n) is 6.59. The summed E-state index contributed by atoms with van der Waals surface area (Å²) in [5.41, 5.74) is 3.46. The summed E-state index contributed by atoms with van der Waals surface area (Å²) in [6, 6.07) is 7.75. The van der Waals surface area contributed by atoms with Gasteiger partial charge >= 0.3 is 6.03 Å². The lowest BCUT2D eigenvalue weighted by molar-refractivity contribution is 0.0726. The first kappa shape index (κ1) is 20.5. The van der Waals surface area contributed by atoms with Crippen LogP contribution in [0.3, 0.4) is 0 Å². The van der Waals surface area contributed by atoms with Gasteiger partial charge in [0.25, 0.3) is 5.91 Å². The summed E-state index contributed by atoms with van der Waals surface area (Å²) < 4.78 is 1.79. The average molecular weight is 433 g/mol. The summed E-state index contributed by atoms with van der Waals surface area (Å²) >= 11 is 0. The van der Waals surface area contributed by atoms with Gasteiger partial charge in [0, 0.05) is 38.6 Å². The molecule has 2 aliphatic heterocycles. The van der Waals surface area contributed by atoms with E-state index in [-0.39, 0.29) is 11.9 Å². The van der Waals surface area contributed by atoms with Crippen LogP contribution in [0, 0.1) is 0 Å². The standard InChI is InChI=1S/C24H28N6O2/c31-23(28-10-2-1-3-11-28)21-17-26-30-14-8-19(15-22(21)30)18-6-12-29(13-7-18)24(32)27-20-5-4-9-25-16-20/h4-5,8-9,14-18H,1-3,6-7,10-13H2,(H,27,32).